The molecule has 5 rings (SSSR count). The van der Waals surface area contributed by atoms with Crippen LogP contribution >= 0.6 is 11.6 Å². The zero-order valence-corrected chi connectivity index (χ0v) is 22.5. The van der Waals surface area contributed by atoms with Gasteiger partial charge in [0.15, 0.2) is 5.76 Å². The van der Waals surface area contributed by atoms with E-state index in [-0.39, 0.29) is 21.6 Å². The number of benzene rings is 1. The van der Waals surface area contributed by atoms with Crippen LogP contribution in [0.4, 0.5) is 5.82 Å². The van der Waals surface area contributed by atoms with Crippen molar-refractivity contribution in [1.29, 1.82) is 0 Å². The third-order valence-corrected chi connectivity index (χ3v) is 8.86. The van der Waals surface area contributed by atoms with Gasteiger partial charge in [-0.1, -0.05) is 55.1 Å². The minimum atomic E-state index is -4.02. The Morgan fingerprint density at radius 2 is 1.95 bits per heavy atom. The Labute approximate surface area is 221 Å². The third-order valence-electron chi connectivity index (χ3n) is 7.03. The second-order valence-corrected chi connectivity index (χ2v) is 11.7. The van der Waals surface area contributed by atoms with Gasteiger partial charge in [-0.05, 0) is 49.9 Å². The second-order valence-electron chi connectivity index (χ2n) is 9.66. The van der Waals surface area contributed by atoms with E-state index in [0.717, 1.165) is 56.3 Å². The van der Waals surface area contributed by atoms with Gasteiger partial charge in [0.05, 0.1) is 12.2 Å². The molecule has 2 aromatic heterocycles. The second kappa shape index (κ2) is 9.98. The molecule has 0 atom stereocenters. The highest BCUT2D eigenvalue weighted by molar-refractivity contribution is 7.92. The average Bonchev–Trinajstić information content (AvgIpc) is 3.67. The highest BCUT2D eigenvalue weighted by Gasteiger charge is 2.49. The number of amides is 1. The molecule has 3 aromatic rings. The number of aromatic nitrogens is 2. The van der Waals surface area contributed by atoms with Gasteiger partial charge in [0.25, 0.3) is 15.9 Å². The smallest absolute Gasteiger partial charge is 0.265 e. The maximum Gasteiger partial charge on any atom is 0.265 e. The molecule has 11 heteroatoms. The molecule has 1 N–H and O–H groups in total. The summed E-state index contributed by atoms with van der Waals surface area (Å²) in [7, 11) is -4.02. The van der Waals surface area contributed by atoms with Crippen LogP contribution in [-0.2, 0) is 21.4 Å². The van der Waals surface area contributed by atoms with Crippen LogP contribution < -0.4 is 4.72 Å². The highest BCUT2D eigenvalue weighted by Crippen LogP contribution is 2.40. The Balaban J connectivity index is 1.41. The Morgan fingerprint density at radius 1 is 1.19 bits per heavy atom. The summed E-state index contributed by atoms with van der Waals surface area (Å²) in [5.74, 6) is 1.22. The van der Waals surface area contributed by atoms with E-state index in [1.807, 2.05) is 17.2 Å². The normalized spacial score (nSPS) is 17.1. The molecule has 3 heterocycles. The van der Waals surface area contributed by atoms with Crippen molar-refractivity contribution in [2.75, 3.05) is 4.72 Å². The fourth-order valence-electron chi connectivity index (χ4n) is 5.07. The van der Waals surface area contributed by atoms with Gasteiger partial charge in [-0.25, -0.2) is 8.42 Å². The molecule has 1 fully saturated rings. The van der Waals surface area contributed by atoms with Crippen molar-refractivity contribution in [1.82, 2.24) is 14.6 Å². The number of hydrogen-bond donors (Lipinski definition) is 1. The SMILES string of the molecule is CCCCC1=NC2(CCCC2)C(=O)N1Cc1ccn(-c2ccccc2S(=O)(=O)Nc2noc(C)c2Cl)c1. The lowest BCUT2D eigenvalue weighted by Crippen LogP contribution is -2.40. The van der Waals surface area contributed by atoms with E-state index in [1.165, 1.54) is 6.07 Å². The number of aryl methyl sites for hydroxylation is 1. The number of hydrogen-bond acceptors (Lipinski definition) is 6. The number of para-hydroxylation sites is 1. The van der Waals surface area contributed by atoms with Crippen LogP contribution in [0.15, 0.2) is 57.1 Å². The quantitative estimate of drug-likeness (QED) is 0.384. The molecule has 0 bridgehead atoms. The van der Waals surface area contributed by atoms with Crippen LogP contribution in [0.1, 0.15) is 63.2 Å². The van der Waals surface area contributed by atoms with E-state index in [9.17, 15) is 13.2 Å². The lowest BCUT2D eigenvalue weighted by Gasteiger charge is -2.22. The Hall–Kier alpha value is -3.11. The number of carbonyl (C=O) groups is 1. The Bertz CT molecular complexity index is 1450. The summed E-state index contributed by atoms with van der Waals surface area (Å²) in [4.78, 5) is 20.3. The summed E-state index contributed by atoms with van der Waals surface area (Å²) in [5.41, 5.74) is 0.763. The molecule has 0 unspecified atom stereocenters. The maximum absolute atomic E-state index is 13.5. The first-order chi connectivity index (χ1) is 17.7. The molecule has 1 aromatic carbocycles. The summed E-state index contributed by atoms with van der Waals surface area (Å²) in [6.45, 7) is 4.13. The van der Waals surface area contributed by atoms with Crippen molar-refractivity contribution in [2.45, 2.75) is 75.8 Å². The fourth-order valence-corrected chi connectivity index (χ4v) is 6.45. The number of carbonyl (C=O) groups excluding carboxylic acids is 1. The first-order valence-corrected chi connectivity index (χ1v) is 14.4. The van der Waals surface area contributed by atoms with Crippen molar-refractivity contribution < 1.29 is 17.7 Å². The highest BCUT2D eigenvalue weighted by atomic mass is 35.5. The van der Waals surface area contributed by atoms with Crippen molar-refractivity contribution in [3.05, 3.63) is 59.1 Å². The molecule has 1 saturated carbocycles. The van der Waals surface area contributed by atoms with E-state index >= 15 is 0 Å². The Morgan fingerprint density at radius 3 is 2.65 bits per heavy atom. The van der Waals surface area contributed by atoms with Gasteiger partial charge in [0, 0.05) is 18.8 Å². The van der Waals surface area contributed by atoms with Crippen molar-refractivity contribution >= 4 is 39.2 Å². The van der Waals surface area contributed by atoms with Crippen LogP contribution in [0.3, 0.4) is 0 Å². The molecule has 1 aliphatic heterocycles. The van der Waals surface area contributed by atoms with Crippen LogP contribution in [0, 0.1) is 6.92 Å². The molecule has 1 spiro atoms. The van der Waals surface area contributed by atoms with E-state index in [2.05, 4.69) is 16.8 Å². The van der Waals surface area contributed by atoms with Gasteiger partial charge < -0.3 is 9.09 Å². The van der Waals surface area contributed by atoms with E-state index < -0.39 is 15.6 Å². The predicted molar refractivity (Wildman–Crippen MR) is 142 cm³/mol. The number of amidine groups is 1. The number of halogens is 1. The fraction of sp³-hybridized carbons (Fsp3) is 0.423. The van der Waals surface area contributed by atoms with E-state index in [0.29, 0.717) is 18.0 Å². The molecule has 37 heavy (non-hydrogen) atoms. The maximum atomic E-state index is 13.5. The van der Waals surface area contributed by atoms with E-state index in [4.69, 9.17) is 21.1 Å². The summed E-state index contributed by atoms with van der Waals surface area (Å²) in [6, 6.07) is 8.56. The largest absolute Gasteiger partial charge is 0.358 e. The van der Waals surface area contributed by atoms with Gasteiger partial charge in [0.1, 0.15) is 21.3 Å². The summed E-state index contributed by atoms with van der Waals surface area (Å²) >= 11 is 6.11. The molecule has 1 amide bonds. The predicted octanol–water partition coefficient (Wildman–Crippen LogP) is 5.47. The van der Waals surface area contributed by atoms with Gasteiger partial charge in [-0.15, -0.1) is 0 Å². The minimum Gasteiger partial charge on any atom is -0.358 e. The molecule has 1 aliphatic carbocycles. The number of anilines is 1. The standard InChI is InChI=1S/C26H30ClN5O4S/c1-3-4-11-22-28-26(13-7-8-14-26)25(33)32(22)17-19-12-15-31(16-19)20-9-5-6-10-21(20)37(34,35)30-24-23(27)18(2)36-29-24/h5-6,9-10,12,15-16H,3-4,7-8,11,13-14,17H2,1-2H3,(H,29,30). The first kappa shape index (κ1) is 25.5. The number of unbranched alkanes of at least 4 members (excludes halogenated alkanes) is 1. The first-order valence-electron chi connectivity index (χ1n) is 12.6. The molecule has 0 saturated heterocycles. The zero-order chi connectivity index (χ0) is 26.2. The monoisotopic (exact) mass is 543 g/mol. The third kappa shape index (κ3) is 4.80. The van der Waals surface area contributed by atoms with Gasteiger partial charge in [-0.2, -0.15) is 0 Å². The molecule has 2 aliphatic rings. The van der Waals surface area contributed by atoms with Gasteiger partial charge in [-0.3, -0.25) is 19.4 Å². The van der Waals surface area contributed by atoms with Crippen molar-refractivity contribution in [3.63, 3.8) is 0 Å². The Kier molecular flexibility index (Phi) is 6.89. The molecule has 0 radical (unpaired) electrons. The topological polar surface area (TPSA) is 110 Å². The van der Waals surface area contributed by atoms with Crippen molar-refractivity contribution in [2.24, 2.45) is 4.99 Å². The number of nitrogens with one attached hydrogen (secondary N) is 1. The van der Waals surface area contributed by atoms with Crippen LogP contribution in [-0.4, -0.2) is 40.3 Å². The lowest BCUT2D eigenvalue weighted by atomic mass is 9.98. The zero-order valence-electron chi connectivity index (χ0n) is 20.9. The summed E-state index contributed by atoms with van der Waals surface area (Å²) < 4.78 is 35.6. The minimum absolute atomic E-state index is 0.0567. The van der Waals surface area contributed by atoms with Crippen LogP contribution in [0.25, 0.3) is 5.69 Å². The van der Waals surface area contributed by atoms with Gasteiger partial charge in [0.2, 0.25) is 5.82 Å². The number of rotatable bonds is 9. The van der Waals surface area contributed by atoms with Crippen LogP contribution in [0.5, 0.6) is 0 Å². The number of sulfonamides is 1. The average molecular weight is 544 g/mol. The van der Waals surface area contributed by atoms with Crippen molar-refractivity contribution in [3.8, 4) is 5.69 Å². The summed E-state index contributed by atoms with van der Waals surface area (Å²) in [5, 5.41) is 3.81. The molecule has 9 nitrogen and oxygen atoms in total. The molecule has 196 valence electrons. The van der Waals surface area contributed by atoms with Gasteiger partial charge >= 0.3 is 0 Å². The number of aliphatic imine (C=N–C) groups is 1. The van der Waals surface area contributed by atoms with Crippen LogP contribution in [0.2, 0.25) is 5.02 Å². The summed E-state index contributed by atoms with van der Waals surface area (Å²) in [6.07, 6.45) is 10.1. The lowest BCUT2D eigenvalue weighted by molar-refractivity contribution is -0.131. The van der Waals surface area contributed by atoms with E-state index in [1.54, 1.807) is 35.9 Å². The molecular weight excluding hydrogens is 514 g/mol. The number of nitrogens with zero attached hydrogens (tertiary/aromatic N) is 4. The molecular formula is C26H30ClN5O4S.